The average Bonchev–Trinajstić information content (AvgIpc) is 2.33. The van der Waals surface area contributed by atoms with E-state index in [0.717, 1.165) is 0 Å². The Bertz CT molecular complexity index is 3730. The van der Waals surface area contributed by atoms with E-state index >= 15 is 4.57 Å². The van der Waals surface area contributed by atoms with Gasteiger partial charge in [-0.05, 0) is 95.8 Å². The number of aliphatic hydroxyl groups is 1. The van der Waals surface area contributed by atoms with Gasteiger partial charge < -0.3 is 38.3 Å². The van der Waals surface area contributed by atoms with Gasteiger partial charge in [-0.3, -0.25) is 37.7 Å². The molecular weight excluding hydrogens is 1110 g/mol. The summed E-state index contributed by atoms with van der Waals surface area (Å²) < 4.78 is 73.5. The van der Waals surface area contributed by atoms with Gasteiger partial charge in [-0.15, -0.1) is 0 Å². The number of ether oxygens (including phenoxy) is 7. The van der Waals surface area contributed by atoms with E-state index in [9.17, 15) is 24.3 Å². The van der Waals surface area contributed by atoms with Crippen LogP contribution in [0.2, 0.25) is 0 Å². The zero-order valence-corrected chi connectivity index (χ0v) is 47.9. The van der Waals surface area contributed by atoms with Crippen molar-refractivity contribution in [3.05, 3.63) is 256 Å². The molecule has 19 nitrogen and oxygen atoms in total. The second-order valence-electron chi connectivity index (χ2n) is 20.2. The summed E-state index contributed by atoms with van der Waals surface area (Å²) in [5.74, 6) is 2.27. The van der Waals surface area contributed by atoms with Crippen LogP contribution in [0.5, 0.6) is 23.0 Å². The minimum Gasteiger partial charge on any atom is -0.497 e. The van der Waals surface area contributed by atoms with Crippen LogP contribution >= 0.6 is 18.2 Å². The first kappa shape index (κ1) is 58.4. The molecule has 6 aromatic carbocycles. The summed E-state index contributed by atoms with van der Waals surface area (Å²) in [6, 6.07) is 47.8. The largest absolute Gasteiger partial charge is 0.497 e. The smallest absolute Gasteiger partial charge is 0.424 e. The molecule has 4 heterocycles. The van der Waals surface area contributed by atoms with Gasteiger partial charge in [0.25, 0.3) is 11.1 Å². The van der Waals surface area contributed by atoms with Gasteiger partial charge in [0.1, 0.15) is 65.5 Å². The monoisotopic (exact) mass is 1170 g/mol. The highest BCUT2D eigenvalue weighted by molar-refractivity contribution is 7.81. The standard InChI is InChI=1S/C62H62ClN4O15P/c1-38-35-66(59(71)64-57(38)69)53-33-50(81-62(43-15-11-8-12-16-43,44-21-29-48(76-5)30-22-44)45-23-31-49(77-6)32-24-45)52(79-53)37-78-83(63,73)82-51-34-54(67-36-39(2)58(70)65-60(67)72)80-55(51)56(68)61(40-13-9-7-10-14-40,41-17-25-46(74-3)26-18-41)42-19-27-47(75-4)28-20-42/h7-32,35-36,50-56,68H,33-34,37H2,1-6H3,(H,64,69,71)(H,65,70,72)/t50-,51-,52+,53+,54+,55-,56?,83?/m0/s1. The van der Waals surface area contributed by atoms with Crippen LogP contribution in [-0.2, 0) is 38.8 Å². The number of aryl methyl sites for hydroxylation is 2. The van der Waals surface area contributed by atoms with E-state index in [-0.39, 0.29) is 24.0 Å². The Hall–Kier alpha value is -7.84. The van der Waals surface area contributed by atoms with Gasteiger partial charge in [0.15, 0.2) is 0 Å². The number of aromatic nitrogens is 4. The minimum atomic E-state index is -4.87. The molecule has 83 heavy (non-hydrogen) atoms. The Kier molecular flexibility index (Phi) is 17.3. The Balaban J connectivity index is 1.06. The molecule has 432 valence electrons. The number of aliphatic hydroxyl groups excluding tert-OH is 1. The zero-order chi connectivity index (χ0) is 58.6. The number of nitrogens with zero attached hydrogens (tertiary/aromatic N) is 2. The summed E-state index contributed by atoms with van der Waals surface area (Å²) in [5, 5.41) is 13.6. The van der Waals surface area contributed by atoms with Crippen molar-refractivity contribution in [2.45, 2.75) is 80.7 Å². The maximum absolute atomic E-state index is 15.2. The van der Waals surface area contributed by atoms with Crippen molar-refractivity contribution in [2.75, 3.05) is 35.0 Å². The molecule has 0 spiro atoms. The lowest BCUT2D eigenvalue weighted by molar-refractivity contribution is -0.102. The molecule has 8 atom stereocenters. The number of aromatic amines is 2. The Morgan fingerprint density at radius 2 is 0.940 bits per heavy atom. The maximum Gasteiger partial charge on any atom is 0.424 e. The fourth-order valence-corrected chi connectivity index (χ4v) is 12.6. The van der Waals surface area contributed by atoms with Crippen molar-refractivity contribution in [3.63, 3.8) is 0 Å². The summed E-state index contributed by atoms with van der Waals surface area (Å²) in [4.78, 5) is 57.3. The highest BCUT2D eigenvalue weighted by Gasteiger charge is 2.55. The van der Waals surface area contributed by atoms with Crippen LogP contribution in [0.4, 0.5) is 0 Å². The minimum absolute atomic E-state index is 0.00814. The van der Waals surface area contributed by atoms with Gasteiger partial charge in [-0.2, -0.15) is 0 Å². The van der Waals surface area contributed by atoms with Crippen LogP contribution in [0.3, 0.4) is 0 Å². The van der Waals surface area contributed by atoms with Gasteiger partial charge in [0.2, 0.25) is 0 Å². The second kappa shape index (κ2) is 24.5. The van der Waals surface area contributed by atoms with Crippen molar-refractivity contribution in [1.82, 2.24) is 19.1 Å². The number of H-pyrrole nitrogens is 2. The van der Waals surface area contributed by atoms with E-state index in [0.29, 0.717) is 56.4 Å². The lowest BCUT2D eigenvalue weighted by Gasteiger charge is -2.43. The van der Waals surface area contributed by atoms with E-state index in [1.54, 1.807) is 59.6 Å². The quantitative estimate of drug-likeness (QED) is 0.0451. The summed E-state index contributed by atoms with van der Waals surface area (Å²) in [6.45, 7) is -2.35. The first-order valence-corrected chi connectivity index (χ1v) is 29.1. The van der Waals surface area contributed by atoms with E-state index in [1.807, 2.05) is 133 Å². The summed E-state index contributed by atoms with van der Waals surface area (Å²) in [5.41, 5.74) is -1.41. The predicted octanol–water partition coefficient (Wildman–Crippen LogP) is 8.83. The lowest BCUT2D eigenvalue weighted by Crippen LogP contribution is -2.51. The van der Waals surface area contributed by atoms with E-state index in [2.05, 4.69) is 9.97 Å². The first-order valence-electron chi connectivity index (χ1n) is 26.6. The molecule has 2 aromatic heterocycles. The molecule has 0 aliphatic carbocycles. The van der Waals surface area contributed by atoms with Crippen LogP contribution in [0.15, 0.2) is 189 Å². The van der Waals surface area contributed by atoms with Crippen LogP contribution in [0.25, 0.3) is 0 Å². The molecule has 2 fully saturated rings. The number of rotatable bonds is 21. The van der Waals surface area contributed by atoms with Crippen molar-refractivity contribution in [2.24, 2.45) is 0 Å². The van der Waals surface area contributed by atoms with E-state index < -0.39 is 90.0 Å². The molecule has 2 saturated heterocycles. The molecule has 2 unspecified atom stereocenters. The fourth-order valence-electron chi connectivity index (χ4n) is 11.2. The van der Waals surface area contributed by atoms with Crippen molar-refractivity contribution in [1.29, 1.82) is 0 Å². The van der Waals surface area contributed by atoms with Crippen LogP contribution in [-0.4, -0.2) is 89.8 Å². The number of hydrogen-bond acceptors (Lipinski definition) is 15. The van der Waals surface area contributed by atoms with Gasteiger partial charge in [0.05, 0.1) is 46.6 Å². The molecule has 2 aliphatic rings. The summed E-state index contributed by atoms with van der Waals surface area (Å²) in [6.07, 6.45) is -6.50. The molecular formula is C62H62ClN4O15P. The Morgan fingerprint density at radius 1 is 0.566 bits per heavy atom. The molecule has 0 radical (unpaired) electrons. The van der Waals surface area contributed by atoms with Gasteiger partial charge >= 0.3 is 18.3 Å². The topological polar surface area (TPSA) is 230 Å². The van der Waals surface area contributed by atoms with E-state index in [4.69, 9.17) is 53.4 Å². The number of nitrogens with one attached hydrogen (secondary N) is 2. The number of hydrogen-bond donors (Lipinski definition) is 3. The van der Waals surface area contributed by atoms with Crippen molar-refractivity contribution in [3.8, 4) is 23.0 Å². The van der Waals surface area contributed by atoms with E-state index in [1.165, 1.54) is 28.5 Å². The molecule has 0 bridgehead atoms. The van der Waals surface area contributed by atoms with Crippen molar-refractivity contribution < 1.29 is 51.9 Å². The SMILES string of the molecule is COc1ccc(C(O[C@H]2C[C@H](n3cc(C)c(=O)[nH]c3=O)O[C@@H]2COP(=O)(Cl)O[C@H]2C[C@H](n3cc(C)c(=O)[nH]c3=O)O[C@@H]2C(O)C(c2ccccc2)(c2ccc(OC)cc2)c2ccc(OC)cc2)(c2ccccc2)c2ccc(OC)cc2)cc1. The Labute approximate surface area is 482 Å². The third-order valence-electron chi connectivity index (χ3n) is 15.4. The maximum atomic E-state index is 15.2. The lowest BCUT2D eigenvalue weighted by atomic mass is 9.64. The summed E-state index contributed by atoms with van der Waals surface area (Å²) in [7, 11) is 6.22. The average molecular weight is 1170 g/mol. The third kappa shape index (κ3) is 11.6. The zero-order valence-electron chi connectivity index (χ0n) is 46.2. The van der Waals surface area contributed by atoms with Crippen molar-refractivity contribution >= 4 is 18.2 Å². The number of benzene rings is 6. The molecule has 10 rings (SSSR count). The number of halogens is 1. The van der Waals surface area contributed by atoms with Gasteiger partial charge in [-0.1, -0.05) is 109 Å². The number of methoxy groups -OCH3 is 4. The molecule has 0 saturated carbocycles. The first-order chi connectivity index (χ1) is 40.0. The highest BCUT2D eigenvalue weighted by Crippen LogP contribution is 2.59. The molecule has 8 aromatic rings. The summed E-state index contributed by atoms with van der Waals surface area (Å²) >= 11 is 7.03. The second-order valence-corrected chi connectivity index (χ2v) is 22.8. The molecule has 2 aliphatic heterocycles. The fraction of sp³-hybridized carbons (Fsp3) is 0.290. The molecule has 21 heteroatoms. The van der Waals surface area contributed by atoms with Crippen LogP contribution in [0, 0.1) is 13.8 Å². The Morgan fingerprint density at radius 3 is 1.37 bits per heavy atom. The highest BCUT2D eigenvalue weighted by atomic mass is 35.7. The van der Waals surface area contributed by atoms with Crippen LogP contribution in [0.1, 0.15) is 69.8 Å². The normalized spacial score (nSPS) is 20.1. The third-order valence-corrected chi connectivity index (χ3v) is 16.9. The predicted molar refractivity (Wildman–Crippen MR) is 309 cm³/mol. The van der Waals surface area contributed by atoms with Gasteiger partial charge in [0, 0.05) is 47.6 Å². The molecule has 0 amide bonds. The van der Waals surface area contributed by atoms with Gasteiger partial charge in [-0.25, -0.2) is 14.2 Å². The van der Waals surface area contributed by atoms with Crippen LogP contribution < -0.4 is 41.4 Å². The molecule has 3 N–H and O–H groups in total.